The molecule has 18 heavy (non-hydrogen) atoms. The number of fused-ring (bicyclic) bond motifs is 1. The van der Waals surface area contributed by atoms with Gasteiger partial charge in [0.2, 0.25) is 0 Å². The Hall–Kier alpha value is -0.160. The van der Waals surface area contributed by atoms with E-state index in [9.17, 15) is 0 Å². The molecule has 3 aliphatic rings. The first kappa shape index (κ1) is 12.9. The summed E-state index contributed by atoms with van der Waals surface area (Å²) in [5.41, 5.74) is -0.0674. The van der Waals surface area contributed by atoms with Gasteiger partial charge in [0.25, 0.3) is 0 Å². The molecule has 0 saturated carbocycles. The molecule has 3 rings (SSSR count). The molecule has 0 radical (unpaired) electrons. The molecule has 0 aliphatic carbocycles. The lowest BCUT2D eigenvalue weighted by molar-refractivity contribution is -0.0184. The van der Waals surface area contributed by atoms with Crippen LogP contribution in [0.15, 0.2) is 0 Å². The summed E-state index contributed by atoms with van der Waals surface area (Å²) in [6.45, 7) is 5.12. The molecule has 3 fully saturated rings. The van der Waals surface area contributed by atoms with Crippen molar-refractivity contribution in [1.82, 2.24) is 10.2 Å². The highest BCUT2D eigenvalue weighted by molar-refractivity contribution is 4.96. The first-order valence-corrected chi connectivity index (χ1v) is 7.43. The topological polar surface area (TPSA) is 33.7 Å². The molecule has 0 amide bonds. The van der Waals surface area contributed by atoms with Crippen LogP contribution < -0.4 is 5.32 Å². The fourth-order valence-corrected chi connectivity index (χ4v) is 3.76. The van der Waals surface area contributed by atoms with Crippen molar-refractivity contribution in [3.05, 3.63) is 0 Å². The second-order valence-electron chi connectivity index (χ2n) is 6.06. The van der Waals surface area contributed by atoms with Crippen LogP contribution in [0.1, 0.15) is 32.1 Å². The Morgan fingerprint density at radius 2 is 2.28 bits per heavy atom. The third-order valence-electron chi connectivity index (χ3n) is 5.04. The van der Waals surface area contributed by atoms with E-state index in [0.29, 0.717) is 6.04 Å². The largest absolute Gasteiger partial charge is 0.378 e. The van der Waals surface area contributed by atoms with Crippen molar-refractivity contribution in [3.8, 4) is 0 Å². The van der Waals surface area contributed by atoms with E-state index in [1.807, 2.05) is 7.11 Å². The number of methoxy groups -OCH3 is 1. The van der Waals surface area contributed by atoms with Crippen molar-refractivity contribution in [2.24, 2.45) is 0 Å². The van der Waals surface area contributed by atoms with E-state index in [4.69, 9.17) is 9.47 Å². The summed E-state index contributed by atoms with van der Waals surface area (Å²) in [6.07, 6.45) is 6.48. The highest BCUT2D eigenvalue weighted by atomic mass is 16.5. The number of nitrogens with zero attached hydrogens (tertiary/aromatic N) is 1. The Morgan fingerprint density at radius 1 is 1.33 bits per heavy atom. The number of hydrogen-bond acceptors (Lipinski definition) is 4. The van der Waals surface area contributed by atoms with E-state index >= 15 is 0 Å². The Bertz CT molecular complexity index is 279. The summed E-state index contributed by atoms with van der Waals surface area (Å²) >= 11 is 0. The van der Waals surface area contributed by atoms with Crippen molar-refractivity contribution < 1.29 is 9.47 Å². The lowest BCUT2D eigenvalue weighted by Crippen LogP contribution is -2.51. The van der Waals surface area contributed by atoms with Gasteiger partial charge in [-0.2, -0.15) is 0 Å². The molecule has 0 bridgehead atoms. The maximum absolute atomic E-state index is 5.69. The standard InChI is InChI=1S/C14H26N2O2/c1-17-14(6-9-18-11-14)10-15-12-5-8-16-7-3-2-4-13(12)16/h12-13,15H,2-11H2,1H3. The second-order valence-corrected chi connectivity index (χ2v) is 6.06. The van der Waals surface area contributed by atoms with Gasteiger partial charge >= 0.3 is 0 Å². The minimum absolute atomic E-state index is 0.0674. The third kappa shape index (κ3) is 2.44. The summed E-state index contributed by atoms with van der Waals surface area (Å²) in [5, 5.41) is 3.77. The summed E-state index contributed by atoms with van der Waals surface area (Å²) in [4.78, 5) is 2.67. The predicted octanol–water partition coefficient (Wildman–Crippen LogP) is 1.01. The molecular formula is C14H26N2O2. The fraction of sp³-hybridized carbons (Fsp3) is 1.00. The lowest BCUT2D eigenvalue weighted by Gasteiger charge is -2.34. The number of hydrogen-bond donors (Lipinski definition) is 1. The average molecular weight is 254 g/mol. The van der Waals surface area contributed by atoms with E-state index in [1.54, 1.807) is 0 Å². The zero-order chi connectivity index (χ0) is 12.4. The number of rotatable bonds is 4. The van der Waals surface area contributed by atoms with Gasteiger partial charge in [0, 0.05) is 45.3 Å². The molecule has 104 valence electrons. The maximum Gasteiger partial charge on any atom is 0.106 e. The highest BCUT2D eigenvalue weighted by Crippen LogP contribution is 2.28. The Kier molecular flexibility index (Phi) is 3.89. The molecule has 3 saturated heterocycles. The molecule has 0 aromatic carbocycles. The Labute approximate surface area is 110 Å². The Morgan fingerprint density at radius 3 is 3.06 bits per heavy atom. The van der Waals surface area contributed by atoms with Crippen LogP contribution >= 0.6 is 0 Å². The normalized spacial score (nSPS) is 41.2. The number of piperidine rings is 1. The zero-order valence-corrected chi connectivity index (χ0v) is 11.5. The maximum atomic E-state index is 5.69. The minimum atomic E-state index is -0.0674. The molecule has 3 unspecified atom stereocenters. The van der Waals surface area contributed by atoms with E-state index < -0.39 is 0 Å². The first-order chi connectivity index (χ1) is 8.83. The summed E-state index contributed by atoms with van der Waals surface area (Å²) < 4.78 is 11.2. The summed E-state index contributed by atoms with van der Waals surface area (Å²) in [7, 11) is 1.82. The van der Waals surface area contributed by atoms with Crippen molar-refractivity contribution >= 4 is 0 Å². The molecule has 4 nitrogen and oxygen atoms in total. The first-order valence-electron chi connectivity index (χ1n) is 7.43. The van der Waals surface area contributed by atoms with Crippen LogP contribution in [0.5, 0.6) is 0 Å². The van der Waals surface area contributed by atoms with Gasteiger partial charge in [-0.15, -0.1) is 0 Å². The lowest BCUT2D eigenvalue weighted by atomic mass is 9.97. The zero-order valence-electron chi connectivity index (χ0n) is 11.5. The van der Waals surface area contributed by atoms with E-state index in [-0.39, 0.29) is 5.60 Å². The van der Waals surface area contributed by atoms with Gasteiger partial charge in [-0.1, -0.05) is 6.42 Å². The predicted molar refractivity (Wildman–Crippen MR) is 70.8 cm³/mol. The molecule has 0 spiro atoms. The van der Waals surface area contributed by atoms with Crippen LogP contribution in [0.25, 0.3) is 0 Å². The average Bonchev–Trinajstić information content (AvgIpc) is 3.04. The van der Waals surface area contributed by atoms with Crippen LogP contribution in [-0.4, -0.2) is 62.5 Å². The van der Waals surface area contributed by atoms with Crippen molar-refractivity contribution in [2.75, 3.05) is 40.0 Å². The van der Waals surface area contributed by atoms with Gasteiger partial charge in [0.1, 0.15) is 5.60 Å². The highest BCUT2D eigenvalue weighted by Gasteiger charge is 2.39. The molecule has 1 N–H and O–H groups in total. The van der Waals surface area contributed by atoms with Gasteiger partial charge < -0.3 is 14.8 Å². The molecule has 3 atom stereocenters. The second kappa shape index (κ2) is 5.45. The summed E-state index contributed by atoms with van der Waals surface area (Å²) in [6, 6.07) is 1.44. The summed E-state index contributed by atoms with van der Waals surface area (Å²) in [5.74, 6) is 0. The molecule has 3 heterocycles. The number of ether oxygens (including phenoxy) is 2. The fourth-order valence-electron chi connectivity index (χ4n) is 3.76. The van der Waals surface area contributed by atoms with Crippen LogP contribution in [0.3, 0.4) is 0 Å². The van der Waals surface area contributed by atoms with Gasteiger partial charge in [0.05, 0.1) is 6.61 Å². The minimum Gasteiger partial charge on any atom is -0.378 e. The molecule has 4 heteroatoms. The monoisotopic (exact) mass is 254 g/mol. The van der Waals surface area contributed by atoms with E-state index in [0.717, 1.165) is 32.2 Å². The molecule has 0 aromatic rings. The van der Waals surface area contributed by atoms with E-state index in [2.05, 4.69) is 10.2 Å². The molecule has 3 aliphatic heterocycles. The van der Waals surface area contributed by atoms with Crippen LogP contribution in [0.4, 0.5) is 0 Å². The molecular weight excluding hydrogens is 228 g/mol. The smallest absolute Gasteiger partial charge is 0.106 e. The number of nitrogens with one attached hydrogen (secondary N) is 1. The Balaban J connectivity index is 1.53. The van der Waals surface area contributed by atoms with Crippen molar-refractivity contribution in [1.29, 1.82) is 0 Å². The molecule has 0 aromatic heterocycles. The van der Waals surface area contributed by atoms with Crippen LogP contribution in [0.2, 0.25) is 0 Å². The van der Waals surface area contributed by atoms with Crippen LogP contribution in [-0.2, 0) is 9.47 Å². The SMILES string of the molecule is COC1(CNC2CCN3CCCCC23)CCOC1. The van der Waals surface area contributed by atoms with E-state index in [1.165, 1.54) is 38.8 Å². The third-order valence-corrected chi connectivity index (χ3v) is 5.04. The quantitative estimate of drug-likeness (QED) is 0.812. The van der Waals surface area contributed by atoms with Crippen molar-refractivity contribution in [2.45, 2.75) is 49.8 Å². The van der Waals surface area contributed by atoms with Gasteiger partial charge in [-0.05, 0) is 25.8 Å². The van der Waals surface area contributed by atoms with Crippen molar-refractivity contribution in [3.63, 3.8) is 0 Å². The van der Waals surface area contributed by atoms with Gasteiger partial charge in [-0.25, -0.2) is 0 Å². The van der Waals surface area contributed by atoms with Gasteiger partial charge in [0.15, 0.2) is 0 Å². The van der Waals surface area contributed by atoms with Gasteiger partial charge in [-0.3, -0.25) is 4.90 Å². The van der Waals surface area contributed by atoms with Crippen LogP contribution in [0, 0.1) is 0 Å².